The number of rotatable bonds is 3. The van der Waals surface area contributed by atoms with Crippen molar-refractivity contribution in [1.82, 2.24) is 0 Å². The van der Waals surface area contributed by atoms with Crippen molar-refractivity contribution in [3.8, 4) is 6.07 Å². The summed E-state index contributed by atoms with van der Waals surface area (Å²) in [5, 5.41) is 18.0. The summed E-state index contributed by atoms with van der Waals surface area (Å²) in [6, 6.07) is 8.77. The van der Waals surface area contributed by atoms with E-state index in [4.69, 9.17) is 10.4 Å². The van der Waals surface area contributed by atoms with Crippen molar-refractivity contribution in [1.29, 1.82) is 5.26 Å². The summed E-state index contributed by atoms with van der Waals surface area (Å²) in [6.45, 7) is 0. The highest BCUT2D eigenvalue weighted by molar-refractivity contribution is 5.97. The first kappa shape index (κ1) is 14.1. The van der Waals surface area contributed by atoms with E-state index in [1.165, 1.54) is 4.90 Å². The maximum atomic E-state index is 12.4. The van der Waals surface area contributed by atoms with E-state index < -0.39 is 17.8 Å². The number of anilines is 1. The van der Waals surface area contributed by atoms with Gasteiger partial charge < -0.3 is 10.0 Å². The van der Waals surface area contributed by atoms with Crippen molar-refractivity contribution < 1.29 is 14.7 Å². The molecule has 1 aliphatic carbocycles. The predicted octanol–water partition coefficient (Wildman–Crippen LogP) is 2.02. The van der Waals surface area contributed by atoms with Crippen molar-refractivity contribution in [2.45, 2.75) is 19.3 Å². The van der Waals surface area contributed by atoms with Gasteiger partial charge in [0.2, 0.25) is 5.91 Å². The Morgan fingerprint density at radius 3 is 2.70 bits per heavy atom. The van der Waals surface area contributed by atoms with E-state index in [0.717, 1.165) is 6.42 Å². The average molecular weight is 272 g/mol. The summed E-state index contributed by atoms with van der Waals surface area (Å²) in [7, 11) is 1.62. The minimum Gasteiger partial charge on any atom is -0.481 e. The molecule has 0 saturated heterocycles. The molecule has 1 N–H and O–H groups in total. The van der Waals surface area contributed by atoms with Crippen LogP contribution in [0.3, 0.4) is 0 Å². The molecular formula is C15H16N2O3. The molecule has 20 heavy (non-hydrogen) atoms. The summed E-state index contributed by atoms with van der Waals surface area (Å²) >= 11 is 0. The van der Waals surface area contributed by atoms with Crippen LogP contribution in [0.15, 0.2) is 24.3 Å². The van der Waals surface area contributed by atoms with Gasteiger partial charge in [-0.05, 0) is 31.0 Å². The molecular weight excluding hydrogens is 256 g/mol. The third-order valence-electron chi connectivity index (χ3n) is 3.84. The second kappa shape index (κ2) is 5.74. The van der Waals surface area contributed by atoms with Crippen molar-refractivity contribution in [3.05, 3.63) is 29.8 Å². The van der Waals surface area contributed by atoms with Gasteiger partial charge in [0.25, 0.3) is 0 Å². The van der Waals surface area contributed by atoms with Gasteiger partial charge in [-0.15, -0.1) is 0 Å². The van der Waals surface area contributed by atoms with Gasteiger partial charge in [0.1, 0.15) is 0 Å². The maximum Gasteiger partial charge on any atom is 0.307 e. The van der Waals surface area contributed by atoms with Crippen LogP contribution >= 0.6 is 0 Å². The molecule has 1 amide bonds. The molecule has 1 fully saturated rings. The van der Waals surface area contributed by atoms with Crippen molar-refractivity contribution >= 4 is 17.6 Å². The lowest BCUT2D eigenvalue weighted by Gasteiger charge is -2.23. The van der Waals surface area contributed by atoms with Gasteiger partial charge >= 0.3 is 5.97 Å². The fourth-order valence-corrected chi connectivity index (χ4v) is 2.71. The quantitative estimate of drug-likeness (QED) is 0.912. The number of carboxylic acid groups (broad SMARTS) is 1. The van der Waals surface area contributed by atoms with Crippen LogP contribution in [-0.4, -0.2) is 24.0 Å². The minimum atomic E-state index is -0.903. The number of amides is 1. The van der Waals surface area contributed by atoms with E-state index in [1.807, 2.05) is 6.07 Å². The lowest BCUT2D eigenvalue weighted by atomic mass is 9.94. The molecule has 1 aliphatic rings. The molecule has 0 aliphatic heterocycles. The summed E-state index contributed by atoms with van der Waals surface area (Å²) in [4.78, 5) is 25.1. The topological polar surface area (TPSA) is 81.4 Å². The van der Waals surface area contributed by atoms with Crippen molar-refractivity contribution in [2.75, 3.05) is 11.9 Å². The predicted molar refractivity (Wildman–Crippen MR) is 73.0 cm³/mol. The standard InChI is InChI=1S/C15H16N2O3/c1-17(11-5-2-4-10(8-11)9-16)14(18)12-6-3-7-13(12)15(19)20/h2,4-5,8,12-13H,3,6-7H2,1H3,(H,19,20). The lowest BCUT2D eigenvalue weighted by Crippen LogP contribution is -2.36. The first-order valence-electron chi connectivity index (χ1n) is 6.55. The minimum absolute atomic E-state index is 0.190. The van der Waals surface area contributed by atoms with Gasteiger partial charge in [-0.2, -0.15) is 5.26 Å². The molecule has 104 valence electrons. The number of carboxylic acids is 1. The Morgan fingerprint density at radius 1 is 1.35 bits per heavy atom. The third kappa shape index (κ3) is 2.64. The average Bonchev–Trinajstić information content (AvgIpc) is 2.95. The zero-order valence-corrected chi connectivity index (χ0v) is 11.2. The van der Waals surface area contributed by atoms with Crippen molar-refractivity contribution in [3.63, 3.8) is 0 Å². The zero-order chi connectivity index (χ0) is 14.7. The van der Waals surface area contributed by atoms with Gasteiger partial charge in [0.15, 0.2) is 0 Å². The summed E-state index contributed by atoms with van der Waals surface area (Å²) in [6.07, 6.45) is 1.93. The van der Waals surface area contributed by atoms with Gasteiger partial charge in [-0.3, -0.25) is 9.59 Å². The van der Waals surface area contributed by atoms with Crippen LogP contribution in [0.2, 0.25) is 0 Å². The summed E-state index contributed by atoms with van der Waals surface area (Å²) in [5.74, 6) is -2.16. The first-order chi connectivity index (χ1) is 9.54. The van der Waals surface area contributed by atoms with Crippen LogP contribution in [0.1, 0.15) is 24.8 Å². The van der Waals surface area contributed by atoms with Crippen LogP contribution in [-0.2, 0) is 9.59 Å². The monoisotopic (exact) mass is 272 g/mol. The third-order valence-corrected chi connectivity index (χ3v) is 3.84. The molecule has 5 heteroatoms. The second-order valence-corrected chi connectivity index (χ2v) is 5.04. The molecule has 1 saturated carbocycles. The fraction of sp³-hybridized carbons (Fsp3) is 0.400. The van der Waals surface area contributed by atoms with Crippen LogP contribution in [0.25, 0.3) is 0 Å². The zero-order valence-electron chi connectivity index (χ0n) is 11.2. The number of hydrogen-bond acceptors (Lipinski definition) is 3. The normalized spacial score (nSPS) is 21.2. The Hall–Kier alpha value is -2.35. The second-order valence-electron chi connectivity index (χ2n) is 5.04. The van der Waals surface area contributed by atoms with Crippen LogP contribution < -0.4 is 4.90 Å². The number of hydrogen-bond donors (Lipinski definition) is 1. The molecule has 2 unspecified atom stereocenters. The highest BCUT2D eigenvalue weighted by Crippen LogP contribution is 2.34. The number of nitriles is 1. The highest BCUT2D eigenvalue weighted by Gasteiger charge is 2.39. The Morgan fingerprint density at radius 2 is 2.05 bits per heavy atom. The maximum absolute atomic E-state index is 12.4. The van der Waals surface area contributed by atoms with Gasteiger partial charge in [0, 0.05) is 12.7 Å². The number of aliphatic carboxylic acids is 1. The van der Waals surface area contributed by atoms with Crippen molar-refractivity contribution in [2.24, 2.45) is 11.8 Å². The van der Waals surface area contributed by atoms with Gasteiger partial charge in [-0.1, -0.05) is 12.5 Å². The van der Waals surface area contributed by atoms with E-state index in [-0.39, 0.29) is 5.91 Å². The van der Waals surface area contributed by atoms with E-state index in [2.05, 4.69) is 0 Å². The summed E-state index contributed by atoms with van der Waals surface area (Å²) < 4.78 is 0. The Bertz CT molecular complexity index is 577. The Labute approximate surface area is 117 Å². The number of carbonyl (C=O) groups excluding carboxylic acids is 1. The Kier molecular flexibility index (Phi) is 4.04. The smallest absolute Gasteiger partial charge is 0.307 e. The Balaban J connectivity index is 2.20. The number of carbonyl (C=O) groups is 2. The molecule has 2 atom stereocenters. The first-order valence-corrected chi connectivity index (χ1v) is 6.55. The highest BCUT2D eigenvalue weighted by atomic mass is 16.4. The molecule has 2 rings (SSSR count). The number of nitrogens with zero attached hydrogens (tertiary/aromatic N) is 2. The number of benzene rings is 1. The fourth-order valence-electron chi connectivity index (χ4n) is 2.71. The molecule has 0 spiro atoms. The van der Waals surface area contributed by atoms with E-state index in [1.54, 1.807) is 31.3 Å². The van der Waals surface area contributed by atoms with Gasteiger partial charge in [-0.25, -0.2) is 0 Å². The van der Waals surface area contributed by atoms with E-state index in [0.29, 0.717) is 24.1 Å². The van der Waals surface area contributed by atoms with E-state index in [9.17, 15) is 9.59 Å². The summed E-state index contributed by atoms with van der Waals surface area (Å²) in [5.41, 5.74) is 1.09. The van der Waals surface area contributed by atoms with Crippen LogP contribution in [0.4, 0.5) is 5.69 Å². The molecule has 0 heterocycles. The molecule has 0 aromatic heterocycles. The molecule has 0 bridgehead atoms. The lowest BCUT2D eigenvalue weighted by molar-refractivity contribution is -0.145. The van der Waals surface area contributed by atoms with Gasteiger partial charge in [0.05, 0.1) is 23.5 Å². The molecule has 0 radical (unpaired) electrons. The van der Waals surface area contributed by atoms with Crippen LogP contribution in [0, 0.1) is 23.2 Å². The molecule has 5 nitrogen and oxygen atoms in total. The largest absolute Gasteiger partial charge is 0.481 e. The SMILES string of the molecule is CN(C(=O)C1CCCC1C(=O)O)c1cccc(C#N)c1. The van der Waals surface area contributed by atoms with E-state index >= 15 is 0 Å². The molecule has 1 aromatic rings. The molecule has 1 aromatic carbocycles. The van der Waals surface area contributed by atoms with Crippen LogP contribution in [0.5, 0.6) is 0 Å².